The Hall–Kier alpha value is -2.62. The standard InChI is InChI=1S/C17H16N4/c1-11-8-12-4-2-3-5-16(12)21(11)17-14-9-13(18)6-7-15(14)19-10-20-17/h2-7,9-11H,8,18H2,1H3. The van der Waals surface area contributed by atoms with Crippen LogP contribution in [0.2, 0.25) is 0 Å². The first-order valence-electron chi connectivity index (χ1n) is 7.11. The molecular weight excluding hydrogens is 260 g/mol. The molecule has 0 amide bonds. The van der Waals surface area contributed by atoms with Crippen molar-refractivity contribution in [2.24, 2.45) is 0 Å². The maximum atomic E-state index is 5.95. The molecule has 0 saturated heterocycles. The lowest BCUT2D eigenvalue weighted by Gasteiger charge is -2.25. The van der Waals surface area contributed by atoms with Crippen LogP contribution in [0.15, 0.2) is 48.8 Å². The van der Waals surface area contributed by atoms with E-state index in [9.17, 15) is 0 Å². The van der Waals surface area contributed by atoms with E-state index in [0.29, 0.717) is 6.04 Å². The normalized spacial score (nSPS) is 17.2. The predicted molar refractivity (Wildman–Crippen MR) is 85.7 cm³/mol. The number of rotatable bonds is 1. The van der Waals surface area contributed by atoms with E-state index in [1.165, 1.54) is 11.3 Å². The molecule has 3 aromatic rings. The van der Waals surface area contributed by atoms with Gasteiger partial charge in [0.25, 0.3) is 0 Å². The molecule has 2 N–H and O–H groups in total. The lowest BCUT2D eigenvalue weighted by atomic mass is 10.1. The van der Waals surface area contributed by atoms with Crippen LogP contribution in [0.3, 0.4) is 0 Å². The molecule has 21 heavy (non-hydrogen) atoms. The van der Waals surface area contributed by atoms with Crippen molar-refractivity contribution in [2.75, 3.05) is 10.6 Å². The number of para-hydroxylation sites is 1. The van der Waals surface area contributed by atoms with E-state index in [0.717, 1.165) is 28.8 Å². The van der Waals surface area contributed by atoms with E-state index in [1.54, 1.807) is 6.33 Å². The molecule has 0 fully saturated rings. The number of fused-ring (bicyclic) bond motifs is 2. The van der Waals surface area contributed by atoms with Crippen LogP contribution in [0.4, 0.5) is 17.2 Å². The fraction of sp³-hybridized carbons (Fsp3) is 0.176. The zero-order chi connectivity index (χ0) is 14.4. The van der Waals surface area contributed by atoms with Gasteiger partial charge in [-0.05, 0) is 43.2 Å². The molecule has 0 bridgehead atoms. The van der Waals surface area contributed by atoms with Crippen LogP contribution in [0.5, 0.6) is 0 Å². The molecule has 0 aliphatic carbocycles. The fourth-order valence-corrected chi connectivity index (χ4v) is 3.14. The summed E-state index contributed by atoms with van der Waals surface area (Å²) in [6.07, 6.45) is 2.66. The number of nitrogens with two attached hydrogens (primary N) is 1. The molecule has 4 nitrogen and oxygen atoms in total. The molecule has 0 saturated carbocycles. The van der Waals surface area contributed by atoms with Gasteiger partial charge in [0.1, 0.15) is 12.1 Å². The second-order valence-electron chi connectivity index (χ2n) is 5.53. The summed E-state index contributed by atoms with van der Waals surface area (Å²) in [6, 6.07) is 14.7. The lowest BCUT2D eigenvalue weighted by Crippen LogP contribution is -2.25. The average Bonchev–Trinajstić information content (AvgIpc) is 2.82. The van der Waals surface area contributed by atoms with Gasteiger partial charge in [0.15, 0.2) is 0 Å². The number of aromatic nitrogens is 2. The van der Waals surface area contributed by atoms with Gasteiger partial charge in [-0.3, -0.25) is 0 Å². The van der Waals surface area contributed by atoms with Crippen molar-refractivity contribution in [3.8, 4) is 0 Å². The number of hydrogen-bond acceptors (Lipinski definition) is 4. The zero-order valence-corrected chi connectivity index (χ0v) is 11.8. The Labute approximate surface area is 123 Å². The van der Waals surface area contributed by atoms with Crippen molar-refractivity contribution in [3.05, 3.63) is 54.4 Å². The van der Waals surface area contributed by atoms with Crippen LogP contribution in [-0.4, -0.2) is 16.0 Å². The molecule has 104 valence electrons. The van der Waals surface area contributed by atoms with Gasteiger partial charge in [-0.1, -0.05) is 18.2 Å². The highest BCUT2D eigenvalue weighted by molar-refractivity contribution is 5.94. The summed E-state index contributed by atoms with van der Waals surface area (Å²) in [5.74, 6) is 0.935. The first kappa shape index (κ1) is 12.1. The number of benzene rings is 2. The van der Waals surface area contributed by atoms with Crippen molar-refractivity contribution in [1.29, 1.82) is 0 Å². The van der Waals surface area contributed by atoms with Gasteiger partial charge >= 0.3 is 0 Å². The third-order valence-corrected chi connectivity index (χ3v) is 4.07. The molecule has 1 aromatic heterocycles. The molecule has 1 atom stereocenters. The van der Waals surface area contributed by atoms with Crippen molar-refractivity contribution in [3.63, 3.8) is 0 Å². The van der Waals surface area contributed by atoms with Crippen LogP contribution in [-0.2, 0) is 6.42 Å². The number of nitrogen functional groups attached to an aromatic ring is 1. The molecule has 1 aliphatic rings. The van der Waals surface area contributed by atoms with E-state index < -0.39 is 0 Å². The Morgan fingerprint density at radius 2 is 2.00 bits per heavy atom. The second kappa shape index (κ2) is 4.45. The Morgan fingerprint density at radius 1 is 1.14 bits per heavy atom. The minimum Gasteiger partial charge on any atom is -0.399 e. The fourth-order valence-electron chi connectivity index (χ4n) is 3.14. The first-order valence-corrected chi connectivity index (χ1v) is 7.11. The topological polar surface area (TPSA) is 55.0 Å². The van der Waals surface area contributed by atoms with Gasteiger partial charge < -0.3 is 10.6 Å². The van der Waals surface area contributed by atoms with E-state index in [1.807, 2.05) is 18.2 Å². The predicted octanol–water partition coefficient (Wildman–Crippen LogP) is 3.29. The first-order chi connectivity index (χ1) is 10.2. The van der Waals surface area contributed by atoms with Crippen molar-refractivity contribution < 1.29 is 0 Å². The van der Waals surface area contributed by atoms with Crippen LogP contribution >= 0.6 is 0 Å². The minimum absolute atomic E-state index is 0.377. The Balaban J connectivity index is 1.97. The molecule has 4 rings (SSSR count). The molecular formula is C17H16N4. The maximum Gasteiger partial charge on any atom is 0.144 e. The number of nitrogens with zero attached hydrogens (tertiary/aromatic N) is 3. The summed E-state index contributed by atoms with van der Waals surface area (Å²) < 4.78 is 0. The van der Waals surface area contributed by atoms with E-state index in [4.69, 9.17) is 5.73 Å². The van der Waals surface area contributed by atoms with Gasteiger partial charge in [-0.15, -0.1) is 0 Å². The lowest BCUT2D eigenvalue weighted by molar-refractivity contribution is 0.752. The quantitative estimate of drug-likeness (QED) is 0.693. The summed E-state index contributed by atoms with van der Waals surface area (Å²) in [7, 11) is 0. The van der Waals surface area contributed by atoms with Crippen LogP contribution in [0.1, 0.15) is 12.5 Å². The summed E-state index contributed by atoms with van der Waals surface area (Å²) >= 11 is 0. The molecule has 0 radical (unpaired) electrons. The van der Waals surface area contributed by atoms with E-state index in [-0.39, 0.29) is 0 Å². The largest absolute Gasteiger partial charge is 0.399 e. The number of hydrogen-bond donors (Lipinski definition) is 1. The molecule has 1 unspecified atom stereocenters. The Bertz CT molecular complexity index is 828. The molecule has 0 spiro atoms. The Morgan fingerprint density at radius 3 is 2.90 bits per heavy atom. The Kier molecular flexibility index (Phi) is 2.57. The monoisotopic (exact) mass is 276 g/mol. The second-order valence-corrected chi connectivity index (χ2v) is 5.53. The van der Waals surface area contributed by atoms with Crippen LogP contribution in [0, 0.1) is 0 Å². The van der Waals surface area contributed by atoms with Crippen molar-refractivity contribution >= 4 is 28.1 Å². The highest BCUT2D eigenvalue weighted by atomic mass is 15.2. The average molecular weight is 276 g/mol. The van der Waals surface area contributed by atoms with Gasteiger partial charge in [-0.2, -0.15) is 0 Å². The maximum absolute atomic E-state index is 5.95. The van der Waals surface area contributed by atoms with Crippen molar-refractivity contribution in [1.82, 2.24) is 9.97 Å². The summed E-state index contributed by atoms with van der Waals surface area (Å²) in [4.78, 5) is 11.2. The van der Waals surface area contributed by atoms with E-state index in [2.05, 4.69) is 46.1 Å². The molecule has 2 heterocycles. The minimum atomic E-state index is 0.377. The van der Waals surface area contributed by atoms with E-state index >= 15 is 0 Å². The van der Waals surface area contributed by atoms with Gasteiger partial charge in [-0.25, -0.2) is 9.97 Å². The smallest absolute Gasteiger partial charge is 0.144 e. The summed E-state index contributed by atoms with van der Waals surface area (Å²) in [5, 5.41) is 1.00. The van der Waals surface area contributed by atoms with Gasteiger partial charge in [0.05, 0.1) is 5.52 Å². The highest BCUT2D eigenvalue weighted by Crippen LogP contribution is 2.39. The number of anilines is 3. The SMILES string of the molecule is CC1Cc2ccccc2N1c1ncnc2ccc(N)cc12. The van der Waals surface area contributed by atoms with Crippen molar-refractivity contribution in [2.45, 2.75) is 19.4 Å². The zero-order valence-electron chi connectivity index (χ0n) is 11.8. The van der Waals surface area contributed by atoms with Crippen LogP contribution < -0.4 is 10.6 Å². The third-order valence-electron chi connectivity index (χ3n) is 4.07. The summed E-state index contributed by atoms with van der Waals surface area (Å²) in [6.45, 7) is 2.22. The molecule has 2 aromatic carbocycles. The van der Waals surface area contributed by atoms with Gasteiger partial charge in [0.2, 0.25) is 0 Å². The highest BCUT2D eigenvalue weighted by Gasteiger charge is 2.28. The summed E-state index contributed by atoms with van der Waals surface area (Å²) in [5.41, 5.74) is 10.2. The van der Waals surface area contributed by atoms with Crippen LogP contribution in [0.25, 0.3) is 10.9 Å². The molecule has 1 aliphatic heterocycles. The van der Waals surface area contributed by atoms with Gasteiger partial charge in [0, 0.05) is 22.8 Å². The third kappa shape index (κ3) is 1.83. The molecule has 4 heteroatoms.